The van der Waals surface area contributed by atoms with Crippen LogP contribution < -0.4 is 0 Å². The first-order chi connectivity index (χ1) is 10.5. The Kier molecular flexibility index (Phi) is 5.90. The van der Waals surface area contributed by atoms with Crippen LogP contribution in [-0.4, -0.2) is 65.3 Å². The van der Waals surface area contributed by atoms with E-state index < -0.39 is 0 Å². The smallest absolute Gasteiger partial charge is 0.276 e. The van der Waals surface area contributed by atoms with Gasteiger partial charge in [0.2, 0.25) is 0 Å². The van der Waals surface area contributed by atoms with Crippen molar-refractivity contribution >= 4 is 5.91 Å². The predicted molar refractivity (Wildman–Crippen MR) is 81.6 cm³/mol. The highest BCUT2D eigenvalue weighted by molar-refractivity contribution is 5.92. The Morgan fingerprint density at radius 2 is 2.23 bits per heavy atom. The minimum Gasteiger partial charge on any atom is -0.383 e. The fraction of sp³-hybridized carbons (Fsp3) is 0.800. The molecule has 0 unspecified atom stereocenters. The standard InChI is InChI=1S/C15H26N4O3/c1-11(2)5-6-18-9-14(16-17-18)15(20)19-8-13(22-4)7-12(19)10-21-3/h9,11-13H,5-8,10H2,1-4H3/t12-,13+/m0/s1. The van der Waals surface area contributed by atoms with Gasteiger partial charge in [0.1, 0.15) is 0 Å². The van der Waals surface area contributed by atoms with Crippen LogP contribution in [0.4, 0.5) is 0 Å². The highest BCUT2D eigenvalue weighted by Gasteiger charge is 2.36. The molecule has 7 nitrogen and oxygen atoms in total. The first-order valence-electron chi connectivity index (χ1n) is 7.78. The minimum absolute atomic E-state index is 0.0308. The molecule has 0 bridgehead atoms. The van der Waals surface area contributed by atoms with Crippen molar-refractivity contribution < 1.29 is 14.3 Å². The zero-order chi connectivity index (χ0) is 16.1. The van der Waals surface area contributed by atoms with Crippen molar-refractivity contribution in [3.05, 3.63) is 11.9 Å². The third-order valence-electron chi connectivity index (χ3n) is 4.02. The lowest BCUT2D eigenvalue weighted by atomic mass is 10.1. The number of hydrogen-bond acceptors (Lipinski definition) is 5. The number of carbonyl (C=O) groups excluding carboxylic acids is 1. The molecule has 1 aromatic rings. The van der Waals surface area contributed by atoms with Crippen LogP contribution in [0.3, 0.4) is 0 Å². The van der Waals surface area contributed by atoms with Gasteiger partial charge in [-0.3, -0.25) is 9.48 Å². The van der Waals surface area contributed by atoms with Gasteiger partial charge in [0.05, 0.1) is 24.9 Å². The molecule has 0 N–H and O–H groups in total. The Balaban J connectivity index is 2.03. The van der Waals surface area contributed by atoms with Gasteiger partial charge in [0.15, 0.2) is 5.69 Å². The van der Waals surface area contributed by atoms with E-state index in [1.165, 1.54) is 0 Å². The average Bonchev–Trinajstić information content (AvgIpc) is 3.11. The molecule has 1 amide bonds. The van der Waals surface area contributed by atoms with Crippen LogP contribution in [-0.2, 0) is 16.0 Å². The maximum absolute atomic E-state index is 12.6. The number of nitrogens with zero attached hydrogens (tertiary/aromatic N) is 4. The van der Waals surface area contributed by atoms with Crippen LogP contribution in [0.25, 0.3) is 0 Å². The number of carbonyl (C=O) groups is 1. The topological polar surface area (TPSA) is 69.5 Å². The van der Waals surface area contributed by atoms with E-state index in [1.807, 2.05) is 0 Å². The van der Waals surface area contributed by atoms with Crippen molar-refractivity contribution in [3.63, 3.8) is 0 Å². The third kappa shape index (κ3) is 4.04. The fourth-order valence-corrected chi connectivity index (χ4v) is 2.69. The predicted octanol–water partition coefficient (Wildman–Crippen LogP) is 1.20. The van der Waals surface area contributed by atoms with Crippen LogP contribution in [0.1, 0.15) is 37.2 Å². The molecule has 0 aliphatic carbocycles. The number of amides is 1. The maximum atomic E-state index is 12.6. The molecule has 1 saturated heterocycles. The summed E-state index contributed by atoms with van der Waals surface area (Å²) >= 11 is 0. The Labute approximate surface area is 131 Å². The molecule has 2 atom stereocenters. The van der Waals surface area contributed by atoms with E-state index >= 15 is 0 Å². The van der Waals surface area contributed by atoms with Gasteiger partial charge in [-0.1, -0.05) is 19.1 Å². The normalized spacial score (nSPS) is 21.8. The van der Waals surface area contributed by atoms with Crippen molar-refractivity contribution in [1.29, 1.82) is 0 Å². The van der Waals surface area contributed by atoms with Crippen LogP contribution in [0, 0.1) is 5.92 Å². The van der Waals surface area contributed by atoms with Gasteiger partial charge in [0.25, 0.3) is 5.91 Å². The molecule has 1 aromatic heterocycles. The van der Waals surface area contributed by atoms with E-state index in [9.17, 15) is 4.79 Å². The summed E-state index contributed by atoms with van der Waals surface area (Å²) in [5.41, 5.74) is 0.390. The van der Waals surface area contributed by atoms with Gasteiger partial charge in [-0.2, -0.15) is 0 Å². The number of likely N-dealkylation sites (tertiary alicyclic amines) is 1. The second-order valence-corrected chi connectivity index (χ2v) is 6.21. The quantitative estimate of drug-likeness (QED) is 0.757. The average molecular weight is 310 g/mol. The first kappa shape index (κ1) is 16.9. The molecule has 0 aromatic carbocycles. The SMILES string of the molecule is COC[C@@H]1C[C@@H](OC)CN1C(=O)c1cn(CCC(C)C)nn1. The van der Waals surface area contributed by atoms with Crippen molar-refractivity contribution in [2.24, 2.45) is 5.92 Å². The molecule has 0 radical (unpaired) electrons. The van der Waals surface area contributed by atoms with Gasteiger partial charge in [-0.25, -0.2) is 0 Å². The second-order valence-electron chi connectivity index (χ2n) is 6.21. The van der Waals surface area contributed by atoms with Gasteiger partial charge in [-0.05, 0) is 18.8 Å². The third-order valence-corrected chi connectivity index (χ3v) is 4.02. The highest BCUT2D eigenvalue weighted by Crippen LogP contribution is 2.22. The van der Waals surface area contributed by atoms with Gasteiger partial charge >= 0.3 is 0 Å². The lowest BCUT2D eigenvalue weighted by Crippen LogP contribution is -2.38. The van der Waals surface area contributed by atoms with E-state index in [0.29, 0.717) is 24.8 Å². The van der Waals surface area contributed by atoms with E-state index in [-0.39, 0.29) is 18.1 Å². The van der Waals surface area contributed by atoms with E-state index in [0.717, 1.165) is 19.4 Å². The van der Waals surface area contributed by atoms with E-state index in [4.69, 9.17) is 9.47 Å². The summed E-state index contributed by atoms with van der Waals surface area (Å²) in [5, 5.41) is 8.07. The van der Waals surface area contributed by atoms with Crippen molar-refractivity contribution in [3.8, 4) is 0 Å². The van der Waals surface area contributed by atoms with Crippen molar-refractivity contribution in [1.82, 2.24) is 19.9 Å². The van der Waals surface area contributed by atoms with Crippen LogP contribution in [0.2, 0.25) is 0 Å². The Morgan fingerprint density at radius 1 is 1.45 bits per heavy atom. The highest BCUT2D eigenvalue weighted by atomic mass is 16.5. The molecule has 7 heteroatoms. The zero-order valence-corrected chi connectivity index (χ0v) is 13.9. The molecule has 2 heterocycles. The van der Waals surface area contributed by atoms with E-state index in [2.05, 4.69) is 24.2 Å². The second kappa shape index (κ2) is 7.69. The molecule has 124 valence electrons. The zero-order valence-electron chi connectivity index (χ0n) is 13.9. The summed E-state index contributed by atoms with van der Waals surface area (Å²) in [6, 6.07) is 0.0308. The van der Waals surface area contributed by atoms with Crippen molar-refractivity contribution in [2.75, 3.05) is 27.4 Å². The molecule has 2 rings (SSSR count). The van der Waals surface area contributed by atoms with Crippen molar-refractivity contribution in [2.45, 2.75) is 45.4 Å². The summed E-state index contributed by atoms with van der Waals surface area (Å²) in [6.45, 7) is 6.18. The summed E-state index contributed by atoms with van der Waals surface area (Å²) in [6.07, 6.45) is 3.59. The summed E-state index contributed by atoms with van der Waals surface area (Å²) in [7, 11) is 3.32. The monoisotopic (exact) mass is 310 g/mol. The first-order valence-corrected chi connectivity index (χ1v) is 7.78. The number of hydrogen-bond donors (Lipinski definition) is 0. The number of rotatable bonds is 7. The molecule has 22 heavy (non-hydrogen) atoms. The number of aromatic nitrogens is 3. The fourth-order valence-electron chi connectivity index (χ4n) is 2.69. The van der Waals surface area contributed by atoms with Crippen LogP contribution in [0.5, 0.6) is 0 Å². The number of ether oxygens (including phenoxy) is 2. The molecule has 1 aliphatic heterocycles. The lowest BCUT2D eigenvalue weighted by Gasteiger charge is -2.22. The number of aryl methyl sites for hydroxylation is 1. The summed E-state index contributed by atoms with van der Waals surface area (Å²) < 4.78 is 12.3. The Bertz CT molecular complexity index is 489. The summed E-state index contributed by atoms with van der Waals surface area (Å²) in [5.74, 6) is 0.493. The largest absolute Gasteiger partial charge is 0.383 e. The van der Waals surface area contributed by atoms with E-state index in [1.54, 1.807) is 30.0 Å². The summed E-state index contributed by atoms with van der Waals surface area (Å²) in [4.78, 5) is 14.4. The van der Waals surface area contributed by atoms with Gasteiger partial charge in [-0.15, -0.1) is 5.10 Å². The lowest BCUT2D eigenvalue weighted by molar-refractivity contribution is 0.0606. The van der Waals surface area contributed by atoms with Crippen LogP contribution in [0.15, 0.2) is 6.20 Å². The number of methoxy groups -OCH3 is 2. The molecule has 1 aliphatic rings. The molecule has 1 fully saturated rings. The molecule has 0 saturated carbocycles. The minimum atomic E-state index is -0.0996. The maximum Gasteiger partial charge on any atom is 0.276 e. The molecular formula is C15H26N4O3. The Hall–Kier alpha value is -1.47. The van der Waals surface area contributed by atoms with Gasteiger partial charge in [0, 0.05) is 27.3 Å². The molecule has 0 spiro atoms. The Morgan fingerprint density at radius 3 is 2.86 bits per heavy atom. The van der Waals surface area contributed by atoms with Gasteiger partial charge < -0.3 is 14.4 Å². The molecular weight excluding hydrogens is 284 g/mol. The van der Waals surface area contributed by atoms with Crippen LogP contribution >= 0.6 is 0 Å².